The Morgan fingerprint density at radius 3 is 2.77 bits per heavy atom. The molecule has 0 aliphatic carbocycles. The van der Waals surface area contributed by atoms with E-state index in [9.17, 15) is 13.2 Å². The summed E-state index contributed by atoms with van der Waals surface area (Å²) in [4.78, 5) is 10.8. The fourth-order valence-corrected chi connectivity index (χ4v) is 2.79. The van der Waals surface area contributed by atoms with Crippen LogP contribution in [0.25, 0.3) is 0 Å². The van der Waals surface area contributed by atoms with Crippen molar-refractivity contribution in [3.63, 3.8) is 0 Å². The van der Waals surface area contributed by atoms with Gasteiger partial charge in [0, 0.05) is 6.26 Å². The van der Waals surface area contributed by atoms with Crippen LogP contribution in [-0.4, -0.2) is 30.1 Å². The first kappa shape index (κ1) is 10.1. The Morgan fingerprint density at radius 2 is 2.31 bits per heavy atom. The number of nitrogens with zero attached hydrogens (tertiary/aromatic N) is 1. The molecule has 1 rings (SSSR count). The zero-order chi connectivity index (χ0) is 10.1. The largest absolute Gasteiger partial charge is 0.478 e. The molecule has 0 saturated heterocycles. The number of hydrogen-bond acceptors (Lipinski definition) is 5. The highest BCUT2D eigenvalue weighted by molar-refractivity contribution is 7.90. The Hall–Kier alpha value is -0.950. The Bertz CT molecular complexity index is 420. The second kappa shape index (κ2) is 3.43. The molecule has 0 saturated carbocycles. The summed E-state index contributed by atoms with van der Waals surface area (Å²) in [5.41, 5.74) is -0.0320. The molecule has 1 aromatic heterocycles. The van der Waals surface area contributed by atoms with Crippen LogP contribution in [0.4, 0.5) is 0 Å². The molecule has 1 N–H and O–H groups in total. The molecule has 0 aromatic carbocycles. The summed E-state index contributed by atoms with van der Waals surface area (Å²) in [5.74, 6) is -1.41. The highest BCUT2D eigenvalue weighted by Gasteiger charge is 2.16. The van der Waals surface area contributed by atoms with E-state index < -0.39 is 15.8 Å². The van der Waals surface area contributed by atoms with Gasteiger partial charge in [0.15, 0.2) is 9.84 Å². The van der Waals surface area contributed by atoms with Crippen LogP contribution < -0.4 is 0 Å². The fraction of sp³-hybridized carbons (Fsp3) is 0.333. The number of aromatic nitrogens is 1. The first-order chi connectivity index (χ1) is 5.90. The lowest BCUT2D eigenvalue weighted by molar-refractivity contribution is 0.0696. The summed E-state index contributed by atoms with van der Waals surface area (Å²) in [6, 6.07) is 0. The molecular weight excluding hydrogens is 214 g/mol. The van der Waals surface area contributed by atoms with Gasteiger partial charge in [0.1, 0.15) is 0 Å². The molecule has 5 nitrogen and oxygen atoms in total. The second-order valence-electron chi connectivity index (χ2n) is 2.54. The normalized spacial score (nSPS) is 11.5. The average molecular weight is 221 g/mol. The van der Waals surface area contributed by atoms with Gasteiger partial charge >= 0.3 is 5.97 Å². The van der Waals surface area contributed by atoms with Gasteiger partial charge in [0.25, 0.3) is 0 Å². The van der Waals surface area contributed by atoms with Crippen LogP contribution in [0.1, 0.15) is 15.2 Å². The third-order valence-corrected chi connectivity index (χ3v) is 3.06. The van der Waals surface area contributed by atoms with Gasteiger partial charge in [-0.3, -0.25) is 0 Å². The number of sulfone groups is 1. The van der Waals surface area contributed by atoms with Crippen molar-refractivity contribution in [2.24, 2.45) is 0 Å². The standard InChI is InChI=1S/C6H7NO4S2/c1-13(10,11)3-5-4(6(8)9)2-7-12-5/h2H,3H2,1H3,(H,8,9). The van der Waals surface area contributed by atoms with Gasteiger partial charge in [0.2, 0.25) is 0 Å². The van der Waals surface area contributed by atoms with E-state index in [1.165, 1.54) is 0 Å². The summed E-state index contributed by atoms with van der Waals surface area (Å²) >= 11 is 0.895. The predicted octanol–water partition coefficient (Wildman–Crippen LogP) is 0.386. The minimum absolute atomic E-state index is 0.0320. The number of carboxylic acids is 1. The zero-order valence-electron chi connectivity index (χ0n) is 6.72. The predicted molar refractivity (Wildman–Crippen MR) is 47.6 cm³/mol. The molecule has 0 aliphatic rings. The lowest BCUT2D eigenvalue weighted by Gasteiger charge is -1.95. The SMILES string of the molecule is CS(=O)(=O)Cc1sncc1C(=O)O. The van der Waals surface area contributed by atoms with Crippen molar-refractivity contribution in [1.82, 2.24) is 4.37 Å². The minimum Gasteiger partial charge on any atom is -0.478 e. The zero-order valence-corrected chi connectivity index (χ0v) is 8.35. The Balaban J connectivity index is 3.02. The fourth-order valence-electron chi connectivity index (χ4n) is 0.781. The quantitative estimate of drug-likeness (QED) is 0.797. The molecule has 0 atom stereocenters. The van der Waals surface area contributed by atoms with Crippen molar-refractivity contribution in [1.29, 1.82) is 0 Å². The van der Waals surface area contributed by atoms with Gasteiger partial charge in [-0.2, -0.15) is 4.37 Å². The van der Waals surface area contributed by atoms with Gasteiger partial charge in [-0.05, 0) is 11.5 Å². The molecule has 0 spiro atoms. The van der Waals surface area contributed by atoms with E-state index in [0.29, 0.717) is 0 Å². The molecule has 0 fully saturated rings. The van der Waals surface area contributed by atoms with E-state index in [1.54, 1.807) is 0 Å². The van der Waals surface area contributed by atoms with Gasteiger partial charge in [-0.1, -0.05) is 0 Å². The number of carbonyl (C=O) groups is 1. The van der Waals surface area contributed by atoms with Crippen molar-refractivity contribution < 1.29 is 18.3 Å². The van der Waals surface area contributed by atoms with Gasteiger partial charge in [-0.15, -0.1) is 0 Å². The Kier molecular flexibility index (Phi) is 2.67. The highest BCUT2D eigenvalue weighted by atomic mass is 32.2. The third-order valence-electron chi connectivity index (χ3n) is 1.27. The van der Waals surface area contributed by atoms with E-state index in [4.69, 9.17) is 5.11 Å². The molecule has 0 amide bonds. The number of carboxylic acid groups (broad SMARTS) is 1. The lowest BCUT2D eigenvalue weighted by Crippen LogP contribution is -2.04. The minimum atomic E-state index is -3.20. The average Bonchev–Trinajstić information content (AvgIpc) is 2.31. The molecule has 1 aromatic rings. The van der Waals surface area contributed by atoms with E-state index >= 15 is 0 Å². The summed E-state index contributed by atoms with van der Waals surface area (Å²) in [5, 5.41) is 8.62. The number of rotatable bonds is 3. The first-order valence-electron chi connectivity index (χ1n) is 3.25. The van der Waals surface area contributed by atoms with Crippen LogP contribution in [0.5, 0.6) is 0 Å². The van der Waals surface area contributed by atoms with Crippen molar-refractivity contribution in [2.45, 2.75) is 5.75 Å². The van der Waals surface area contributed by atoms with Crippen molar-refractivity contribution in [3.05, 3.63) is 16.6 Å². The van der Waals surface area contributed by atoms with Crippen LogP contribution in [-0.2, 0) is 15.6 Å². The second-order valence-corrected chi connectivity index (χ2v) is 5.56. The van der Waals surface area contributed by atoms with Crippen molar-refractivity contribution >= 4 is 27.3 Å². The van der Waals surface area contributed by atoms with Crippen LogP contribution in [0, 0.1) is 0 Å². The monoisotopic (exact) mass is 221 g/mol. The topological polar surface area (TPSA) is 84.3 Å². The first-order valence-corrected chi connectivity index (χ1v) is 6.08. The molecule has 7 heteroatoms. The molecule has 0 unspecified atom stereocenters. The van der Waals surface area contributed by atoms with E-state index in [2.05, 4.69) is 4.37 Å². The highest BCUT2D eigenvalue weighted by Crippen LogP contribution is 2.16. The number of hydrogen-bond donors (Lipinski definition) is 1. The maximum absolute atomic E-state index is 10.9. The van der Waals surface area contributed by atoms with E-state index in [-0.39, 0.29) is 16.2 Å². The van der Waals surface area contributed by atoms with Crippen LogP contribution in [0.3, 0.4) is 0 Å². The van der Waals surface area contributed by atoms with Crippen molar-refractivity contribution in [3.8, 4) is 0 Å². The van der Waals surface area contributed by atoms with Gasteiger partial charge in [0.05, 0.1) is 22.4 Å². The molecule has 13 heavy (non-hydrogen) atoms. The summed E-state index contributed by atoms with van der Waals surface area (Å²) in [6.07, 6.45) is 2.21. The molecule has 0 bridgehead atoms. The van der Waals surface area contributed by atoms with Gasteiger partial charge in [-0.25, -0.2) is 13.2 Å². The summed E-state index contributed by atoms with van der Waals surface area (Å²) in [6.45, 7) is 0. The third kappa shape index (κ3) is 2.78. The molecule has 0 radical (unpaired) electrons. The van der Waals surface area contributed by atoms with E-state index in [1.807, 2.05) is 0 Å². The maximum Gasteiger partial charge on any atom is 0.338 e. The number of aromatic carboxylic acids is 1. The summed E-state index contributed by atoms with van der Waals surface area (Å²) < 4.78 is 25.3. The smallest absolute Gasteiger partial charge is 0.338 e. The van der Waals surface area contributed by atoms with Gasteiger partial charge < -0.3 is 5.11 Å². The van der Waals surface area contributed by atoms with Crippen LogP contribution in [0.15, 0.2) is 6.20 Å². The maximum atomic E-state index is 10.9. The molecule has 1 heterocycles. The molecule has 0 aliphatic heterocycles. The van der Waals surface area contributed by atoms with E-state index in [0.717, 1.165) is 24.0 Å². The lowest BCUT2D eigenvalue weighted by atomic mass is 10.3. The van der Waals surface area contributed by atoms with Crippen LogP contribution in [0.2, 0.25) is 0 Å². The Labute approximate surface area is 79.1 Å². The van der Waals surface area contributed by atoms with Crippen molar-refractivity contribution in [2.75, 3.05) is 6.26 Å². The Morgan fingerprint density at radius 1 is 1.69 bits per heavy atom. The molecule has 72 valence electrons. The van der Waals surface area contributed by atoms with Crippen LogP contribution >= 0.6 is 11.5 Å². The molecular formula is C6H7NO4S2. The summed E-state index contributed by atoms with van der Waals surface area (Å²) in [7, 11) is -3.20.